The van der Waals surface area contributed by atoms with Gasteiger partial charge in [0.1, 0.15) is 0 Å². The lowest BCUT2D eigenvalue weighted by Crippen LogP contribution is -2.62. The maximum Gasteiger partial charge on any atom is 0.0522 e. The van der Waals surface area contributed by atoms with Crippen molar-refractivity contribution in [2.45, 2.75) is 44.1 Å². The number of rotatable bonds is 3. The molecule has 1 aromatic heterocycles. The molecule has 0 amide bonds. The fourth-order valence-corrected chi connectivity index (χ4v) is 3.80. The molecule has 2 fully saturated rings. The van der Waals surface area contributed by atoms with Crippen LogP contribution in [0.1, 0.15) is 37.7 Å². The van der Waals surface area contributed by atoms with Crippen LogP contribution in [0.5, 0.6) is 0 Å². The van der Waals surface area contributed by atoms with Crippen LogP contribution in [0.4, 0.5) is 0 Å². The van der Waals surface area contributed by atoms with Gasteiger partial charge in [-0.2, -0.15) is 5.10 Å². The smallest absolute Gasteiger partial charge is 0.0522 e. The Morgan fingerprint density at radius 3 is 2.89 bits per heavy atom. The van der Waals surface area contributed by atoms with Crippen molar-refractivity contribution in [2.24, 2.45) is 7.05 Å². The summed E-state index contributed by atoms with van der Waals surface area (Å²) < 4.78 is 1.91. The molecule has 2 aliphatic rings. The zero-order valence-electron chi connectivity index (χ0n) is 12.1. The van der Waals surface area contributed by atoms with Gasteiger partial charge in [-0.05, 0) is 24.8 Å². The minimum atomic E-state index is 0.457. The van der Waals surface area contributed by atoms with Gasteiger partial charge in [-0.1, -0.05) is 19.3 Å². The fraction of sp³-hybridized carbons (Fsp3) is 0.800. The molecule has 3 rings (SSSR count). The highest BCUT2D eigenvalue weighted by molar-refractivity contribution is 5.06. The fourth-order valence-electron chi connectivity index (χ4n) is 3.80. The number of hydrogen-bond donors (Lipinski definition) is 1. The molecule has 2 heterocycles. The van der Waals surface area contributed by atoms with Crippen molar-refractivity contribution >= 4 is 0 Å². The van der Waals surface area contributed by atoms with Gasteiger partial charge in [0.15, 0.2) is 0 Å². The van der Waals surface area contributed by atoms with Crippen molar-refractivity contribution in [3.05, 3.63) is 18.0 Å². The average molecular weight is 262 g/mol. The second kappa shape index (κ2) is 5.63. The predicted octanol–water partition coefficient (Wildman–Crippen LogP) is 1.57. The Bertz CT molecular complexity index is 398. The van der Waals surface area contributed by atoms with E-state index >= 15 is 0 Å². The molecule has 0 bridgehead atoms. The van der Waals surface area contributed by atoms with E-state index in [4.69, 9.17) is 0 Å². The van der Waals surface area contributed by atoms with Crippen LogP contribution < -0.4 is 5.32 Å². The molecule has 4 heteroatoms. The van der Waals surface area contributed by atoms with Crippen LogP contribution in [-0.4, -0.2) is 46.4 Å². The average Bonchev–Trinajstić information content (AvgIpc) is 2.85. The number of nitrogens with zero attached hydrogens (tertiary/aromatic N) is 3. The van der Waals surface area contributed by atoms with E-state index < -0.39 is 0 Å². The molecule has 1 saturated heterocycles. The van der Waals surface area contributed by atoms with Gasteiger partial charge < -0.3 is 5.32 Å². The Kier molecular flexibility index (Phi) is 3.89. The summed E-state index contributed by atoms with van der Waals surface area (Å²) in [5.41, 5.74) is 1.82. The van der Waals surface area contributed by atoms with E-state index in [9.17, 15) is 0 Å². The topological polar surface area (TPSA) is 33.1 Å². The Morgan fingerprint density at radius 1 is 1.32 bits per heavy atom. The first-order valence-electron chi connectivity index (χ1n) is 7.72. The summed E-state index contributed by atoms with van der Waals surface area (Å²) in [4.78, 5) is 2.76. The van der Waals surface area contributed by atoms with Crippen molar-refractivity contribution < 1.29 is 0 Å². The number of nitrogens with one attached hydrogen (secondary N) is 1. The minimum absolute atomic E-state index is 0.457. The highest BCUT2D eigenvalue weighted by atomic mass is 15.3. The third-order valence-corrected chi connectivity index (χ3v) is 4.90. The van der Waals surface area contributed by atoms with E-state index in [-0.39, 0.29) is 0 Å². The van der Waals surface area contributed by atoms with Gasteiger partial charge in [-0.15, -0.1) is 0 Å². The molecule has 0 unspecified atom stereocenters. The zero-order valence-corrected chi connectivity index (χ0v) is 12.1. The van der Waals surface area contributed by atoms with Gasteiger partial charge >= 0.3 is 0 Å². The summed E-state index contributed by atoms with van der Waals surface area (Å²) in [6.45, 7) is 4.74. The Morgan fingerprint density at radius 2 is 2.16 bits per heavy atom. The quantitative estimate of drug-likeness (QED) is 0.897. The number of hydrogen-bond acceptors (Lipinski definition) is 3. The molecule has 0 radical (unpaired) electrons. The predicted molar refractivity (Wildman–Crippen MR) is 77.2 cm³/mol. The van der Waals surface area contributed by atoms with Gasteiger partial charge in [0, 0.05) is 45.0 Å². The van der Waals surface area contributed by atoms with Gasteiger partial charge in [0.25, 0.3) is 0 Å². The van der Waals surface area contributed by atoms with Gasteiger partial charge in [-0.3, -0.25) is 9.58 Å². The monoisotopic (exact) mass is 262 g/mol. The van der Waals surface area contributed by atoms with Crippen LogP contribution in [0.2, 0.25) is 0 Å². The molecule has 1 aliphatic carbocycles. The van der Waals surface area contributed by atoms with Crippen molar-refractivity contribution in [1.29, 1.82) is 0 Å². The van der Waals surface area contributed by atoms with Crippen LogP contribution in [0.3, 0.4) is 0 Å². The van der Waals surface area contributed by atoms with Crippen LogP contribution >= 0.6 is 0 Å². The van der Waals surface area contributed by atoms with E-state index in [1.165, 1.54) is 57.3 Å². The van der Waals surface area contributed by atoms with E-state index in [0.29, 0.717) is 5.54 Å². The first-order chi connectivity index (χ1) is 9.28. The van der Waals surface area contributed by atoms with Crippen LogP contribution in [-0.2, 0) is 13.5 Å². The normalized spacial score (nSPS) is 23.8. The molecule has 106 valence electrons. The summed E-state index contributed by atoms with van der Waals surface area (Å²) in [6.07, 6.45) is 12.3. The molecule has 1 aromatic rings. The highest BCUT2D eigenvalue weighted by Gasteiger charge is 2.39. The maximum absolute atomic E-state index is 4.27. The SMILES string of the molecule is Cn1cc(CCN2CCNCC23CCCCC3)cn1. The third-order valence-electron chi connectivity index (χ3n) is 4.90. The Labute approximate surface area is 116 Å². The standard InChI is InChI=1S/C15H26N4/c1-18-12-14(11-17-18)5-9-19-10-8-16-13-15(19)6-3-2-4-7-15/h11-12,16H,2-10,13H2,1H3. The van der Waals surface area contributed by atoms with Gasteiger partial charge in [-0.25, -0.2) is 0 Å². The summed E-state index contributed by atoms with van der Waals surface area (Å²) in [5, 5.41) is 7.89. The van der Waals surface area contributed by atoms with E-state index in [1.807, 2.05) is 17.9 Å². The second-order valence-corrected chi connectivity index (χ2v) is 6.22. The molecule has 19 heavy (non-hydrogen) atoms. The first kappa shape index (κ1) is 13.1. The van der Waals surface area contributed by atoms with Gasteiger partial charge in [0.05, 0.1) is 6.20 Å². The van der Waals surface area contributed by atoms with Crippen molar-refractivity contribution in [2.75, 3.05) is 26.2 Å². The molecule has 4 nitrogen and oxygen atoms in total. The highest BCUT2D eigenvalue weighted by Crippen LogP contribution is 2.34. The molecule has 1 spiro atoms. The lowest BCUT2D eigenvalue weighted by molar-refractivity contribution is 0.0286. The molecule has 1 N–H and O–H groups in total. The van der Waals surface area contributed by atoms with Crippen molar-refractivity contribution in [3.63, 3.8) is 0 Å². The Balaban J connectivity index is 1.63. The first-order valence-corrected chi connectivity index (χ1v) is 7.72. The summed E-state index contributed by atoms with van der Waals surface area (Å²) in [5.74, 6) is 0. The van der Waals surface area contributed by atoms with Crippen molar-refractivity contribution in [3.8, 4) is 0 Å². The number of piperazine rings is 1. The second-order valence-electron chi connectivity index (χ2n) is 6.22. The van der Waals surface area contributed by atoms with Gasteiger partial charge in [0.2, 0.25) is 0 Å². The number of aromatic nitrogens is 2. The third kappa shape index (κ3) is 2.84. The lowest BCUT2D eigenvalue weighted by Gasteiger charge is -2.50. The summed E-state index contributed by atoms with van der Waals surface area (Å²) in [6, 6.07) is 0. The van der Waals surface area contributed by atoms with Crippen molar-refractivity contribution in [1.82, 2.24) is 20.0 Å². The number of aryl methyl sites for hydroxylation is 1. The molecular formula is C15H26N4. The largest absolute Gasteiger partial charge is 0.314 e. The van der Waals surface area contributed by atoms with E-state index in [1.54, 1.807) is 0 Å². The van der Waals surface area contributed by atoms with Crippen LogP contribution in [0.25, 0.3) is 0 Å². The Hall–Kier alpha value is -0.870. The molecule has 1 aliphatic heterocycles. The molecule has 0 aromatic carbocycles. The van der Waals surface area contributed by atoms with E-state index in [2.05, 4.69) is 21.5 Å². The molecular weight excluding hydrogens is 236 g/mol. The van der Waals surface area contributed by atoms with E-state index in [0.717, 1.165) is 13.0 Å². The summed E-state index contributed by atoms with van der Waals surface area (Å²) >= 11 is 0. The molecule has 0 atom stereocenters. The zero-order chi connectivity index (χ0) is 13.1. The maximum atomic E-state index is 4.27. The minimum Gasteiger partial charge on any atom is -0.314 e. The van der Waals surface area contributed by atoms with Crippen LogP contribution in [0, 0.1) is 0 Å². The summed E-state index contributed by atoms with van der Waals surface area (Å²) in [7, 11) is 2.00. The molecule has 1 saturated carbocycles. The lowest BCUT2D eigenvalue weighted by atomic mass is 9.79. The van der Waals surface area contributed by atoms with Crippen LogP contribution in [0.15, 0.2) is 12.4 Å².